The average Bonchev–Trinajstić information content (AvgIpc) is 2.89. The highest BCUT2D eigenvalue weighted by Gasteiger charge is 2.29. The van der Waals surface area contributed by atoms with Crippen LogP contribution in [0.1, 0.15) is 10.1 Å². The Balaban J connectivity index is 1.53. The van der Waals surface area contributed by atoms with E-state index in [0.717, 1.165) is 18.1 Å². The molecule has 0 unspecified atom stereocenters. The zero-order chi connectivity index (χ0) is 26.0. The zero-order valence-corrected chi connectivity index (χ0v) is 23.1. The molecule has 0 radical (unpaired) electrons. The van der Waals surface area contributed by atoms with Crippen molar-refractivity contribution in [3.05, 3.63) is 53.1 Å². The molecule has 1 fully saturated rings. The van der Waals surface area contributed by atoms with Crippen LogP contribution in [0.15, 0.2) is 47.4 Å². The fraction of sp³-hybridized carbons (Fsp3) is 0.417. The maximum atomic E-state index is 12.9. The number of methoxy groups -OCH3 is 1. The number of piperazine rings is 1. The molecule has 36 heavy (non-hydrogen) atoms. The van der Waals surface area contributed by atoms with E-state index in [-0.39, 0.29) is 14.5 Å². The average molecular weight is 573 g/mol. The van der Waals surface area contributed by atoms with Gasteiger partial charge in [-0.2, -0.15) is 4.31 Å². The summed E-state index contributed by atoms with van der Waals surface area (Å²) in [6, 6.07) is 12.1. The topological polar surface area (TPSA) is 93.2 Å². The molecular formula is C24H29ClN2O6S3. The molecule has 0 saturated carbocycles. The smallest absolute Gasteiger partial charge is 0.244 e. The molecule has 1 aliphatic heterocycles. The summed E-state index contributed by atoms with van der Waals surface area (Å²) in [7, 11) is -2.06. The fourth-order valence-corrected chi connectivity index (χ4v) is 7.67. The Morgan fingerprint density at radius 2 is 1.67 bits per heavy atom. The van der Waals surface area contributed by atoms with E-state index in [0.29, 0.717) is 62.3 Å². The molecule has 8 nitrogen and oxygen atoms in total. The summed E-state index contributed by atoms with van der Waals surface area (Å²) in [6.07, 6.45) is 1.69. The van der Waals surface area contributed by atoms with E-state index in [1.165, 1.54) is 33.9 Å². The van der Waals surface area contributed by atoms with Crippen molar-refractivity contribution in [3.8, 4) is 11.5 Å². The lowest BCUT2D eigenvalue weighted by Gasteiger charge is -2.34. The molecule has 196 valence electrons. The van der Waals surface area contributed by atoms with Crippen LogP contribution in [0, 0.1) is 0 Å². The summed E-state index contributed by atoms with van der Waals surface area (Å²) in [5.74, 6) is 1.85. The number of sulfonamides is 1. The number of aldehydes is 2. The molecular weight excluding hydrogens is 544 g/mol. The van der Waals surface area contributed by atoms with E-state index in [9.17, 15) is 18.0 Å². The quantitative estimate of drug-likeness (QED) is 0.249. The van der Waals surface area contributed by atoms with E-state index >= 15 is 0 Å². The van der Waals surface area contributed by atoms with Gasteiger partial charge in [-0.1, -0.05) is 29.8 Å². The third-order valence-electron chi connectivity index (χ3n) is 5.54. The second-order valence-corrected chi connectivity index (χ2v) is 12.7. The van der Waals surface area contributed by atoms with Gasteiger partial charge in [-0.15, -0.1) is 23.5 Å². The summed E-state index contributed by atoms with van der Waals surface area (Å²) in [5, 5.41) is 0.226. The minimum Gasteiger partial charge on any atom is -0.493 e. The number of rotatable bonds is 14. The molecule has 0 spiro atoms. The highest BCUT2D eigenvalue weighted by atomic mass is 35.5. The van der Waals surface area contributed by atoms with Crippen LogP contribution in [0.3, 0.4) is 0 Å². The van der Waals surface area contributed by atoms with Crippen molar-refractivity contribution in [2.75, 3.05) is 57.9 Å². The Morgan fingerprint density at radius 3 is 2.28 bits per heavy atom. The molecule has 0 aromatic heterocycles. The van der Waals surface area contributed by atoms with Crippen molar-refractivity contribution in [1.29, 1.82) is 0 Å². The molecule has 2 aromatic rings. The molecule has 0 aliphatic carbocycles. The van der Waals surface area contributed by atoms with E-state index in [1.54, 1.807) is 25.3 Å². The normalized spacial score (nSPS) is 15.1. The van der Waals surface area contributed by atoms with Crippen LogP contribution >= 0.6 is 35.1 Å². The van der Waals surface area contributed by atoms with Crippen LogP contribution < -0.4 is 9.47 Å². The molecule has 0 bridgehead atoms. The van der Waals surface area contributed by atoms with Gasteiger partial charge in [0.05, 0.1) is 28.2 Å². The van der Waals surface area contributed by atoms with Crippen molar-refractivity contribution in [1.82, 2.24) is 9.21 Å². The van der Waals surface area contributed by atoms with Crippen LogP contribution in [-0.4, -0.2) is 88.1 Å². The van der Waals surface area contributed by atoms with Gasteiger partial charge in [0.2, 0.25) is 10.0 Å². The van der Waals surface area contributed by atoms with E-state index in [2.05, 4.69) is 4.90 Å². The minimum atomic E-state index is -3.63. The molecule has 0 N–H and O–H groups in total. The van der Waals surface area contributed by atoms with Crippen LogP contribution in [0.4, 0.5) is 0 Å². The van der Waals surface area contributed by atoms with Gasteiger partial charge in [0, 0.05) is 32.7 Å². The van der Waals surface area contributed by atoms with Gasteiger partial charge >= 0.3 is 0 Å². The Morgan fingerprint density at radius 1 is 1.00 bits per heavy atom. The summed E-state index contributed by atoms with van der Waals surface area (Å²) in [6.45, 7) is 2.99. The number of ether oxygens (including phenoxy) is 2. The molecule has 0 atom stereocenters. The van der Waals surface area contributed by atoms with Gasteiger partial charge in [-0.3, -0.25) is 4.90 Å². The highest BCUT2D eigenvalue weighted by Crippen LogP contribution is 2.41. The number of hydrogen-bond acceptors (Lipinski definition) is 9. The second-order valence-electron chi connectivity index (χ2n) is 7.77. The lowest BCUT2D eigenvalue weighted by atomic mass is 10.2. The highest BCUT2D eigenvalue weighted by molar-refractivity contribution is 8.16. The van der Waals surface area contributed by atoms with Gasteiger partial charge in [0.1, 0.15) is 24.1 Å². The van der Waals surface area contributed by atoms with E-state index in [1.807, 2.05) is 18.2 Å². The van der Waals surface area contributed by atoms with Crippen LogP contribution in [0.5, 0.6) is 11.5 Å². The van der Waals surface area contributed by atoms with Crippen molar-refractivity contribution in [2.45, 2.75) is 9.48 Å². The first-order valence-electron chi connectivity index (χ1n) is 11.3. The Labute approximate surface area is 225 Å². The first kappa shape index (κ1) is 28.8. The first-order chi connectivity index (χ1) is 17.4. The SMILES string of the molecule is COc1cc(C(SCC=O)SCC=O)ccc1OCCN1CCN(S(=O)(=O)c2ccccc2Cl)CC1. The molecule has 3 rings (SSSR count). The van der Waals surface area contributed by atoms with Gasteiger partial charge < -0.3 is 19.1 Å². The van der Waals surface area contributed by atoms with Crippen LogP contribution in [0.2, 0.25) is 5.02 Å². The first-order valence-corrected chi connectivity index (χ1v) is 15.2. The number of hydrogen-bond donors (Lipinski definition) is 0. The molecule has 12 heteroatoms. The summed E-state index contributed by atoms with van der Waals surface area (Å²) >= 11 is 9.02. The molecule has 1 saturated heterocycles. The Hall–Kier alpha value is -1.76. The number of benzene rings is 2. The van der Waals surface area contributed by atoms with E-state index < -0.39 is 10.0 Å². The number of halogens is 1. The maximum absolute atomic E-state index is 12.9. The van der Waals surface area contributed by atoms with Gasteiger partial charge in [-0.05, 0) is 29.8 Å². The molecule has 0 amide bonds. The molecule has 1 heterocycles. The van der Waals surface area contributed by atoms with Gasteiger partial charge in [0.15, 0.2) is 11.5 Å². The summed E-state index contributed by atoms with van der Waals surface area (Å²) in [5.41, 5.74) is 0.939. The predicted octanol–water partition coefficient (Wildman–Crippen LogP) is 3.60. The third kappa shape index (κ3) is 7.62. The number of nitrogens with zero attached hydrogens (tertiary/aromatic N) is 2. The largest absolute Gasteiger partial charge is 0.493 e. The van der Waals surface area contributed by atoms with Gasteiger partial charge in [-0.25, -0.2) is 8.42 Å². The number of carbonyl (C=O) groups is 2. The summed E-state index contributed by atoms with van der Waals surface area (Å²) < 4.78 is 38.7. The monoisotopic (exact) mass is 572 g/mol. The maximum Gasteiger partial charge on any atom is 0.244 e. The summed E-state index contributed by atoms with van der Waals surface area (Å²) in [4.78, 5) is 23.9. The molecule has 2 aromatic carbocycles. The lowest BCUT2D eigenvalue weighted by molar-refractivity contribution is -0.106. The van der Waals surface area contributed by atoms with Crippen molar-refractivity contribution in [3.63, 3.8) is 0 Å². The van der Waals surface area contributed by atoms with E-state index in [4.69, 9.17) is 21.1 Å². The van der Waals surface area contributed by atoms with Crippen molar-refractivity contribution >= 4 is 57.7 Å². The zero-order valence-electron chi connectivity index (χ0n) is 19.9. The van der Waals surface area contributed by atoms with Crippen molar-refractivity contribution < 1.29 is 27.5 Å². The van der Waals surface area contributed by atoms with Crippen LogP contribution in [0.25, 0.3) is 0 Å². The fourth-order valence-electron chi connectivity index (χ4n) is 3.72. The van der Waals surface area contributed by atoms with Crippen molar-refractivity contribution in [2.24, 2.45) is 0 Å². The minimum absolute atomic E-state index is 0.0679. The number of carbonyl (C=O) groups excluding carboxylic acids is 2. The number of thioether (sulfide) groups is 2. The second kappa shape index (κ2) is 14.3. The van der Waals surface area contributed by atoms with Gasteiger partial charge in [0.25, 0.3) is 0 Å². The molecule has 1 aliphatic rings. The third-order valence-corrected chi connectivity index (χ3v) is 10.6. The predicted molar refractivity (Wildman–Crippen MR) is 145 cm³/mol. The standard InChI is InChI=1S/C24H29ClN2O6S3/c1-32-22-18-19(24(34-16-13-28)35-17-14-29)6-7-21(22)33-15-12-26-8-10-27(11-9-26)36(30,31)23-5-3-2-4-20(23)25/h2-7,13-14,18,24H,8-12,15-17H2,1H3. The lowest BCUT2D eigenvalue weighted by Crippen LogP contribution is -2.49. The Bertz CT molecular complexity index is 1110. The van der Waals surface area contributed by atoms with Crippen LogP contribution in [-0.2, 0) is 19.6 Å². The Kier molecular flexibility index (Phi) is 11.4.